The topological polar surface area (TPSA) is 119 Å². The second-order valence-corrected chi connectivity index (χ2v) is 11.4. The first kappa shape index (κ1) is 28.3. The van der Waals surface area contributed by atoms with E-state index in [1.165, 1.54) is 17.0 Å². The molecule has 6 rings (SSSR count). The molecule has 9 nitrogen and oxygen atoms in total. The molecule has 42 heavy (non-hydrogen) atoms. The van der Waals surface area contributed by atoms with E-state index in [-0.39, 0.29) is 53.8 Å². The van der Waals surface area contributed by atoms with Crippen LogP contribution >= 0.6 is 11.3 Å². The lowest BCUT2D eigenvalue weighted by Crippen LogP contribution is -2.41. The Kier molecular flexibility index (Phi) is 7.25. The van der Waals surface area contributed by atoms with Crippen molar-refractivity contribution in [3.8, 4) is 0 Å². The fraction of sp³-hybridized carbons (Fsp3) is 0.407. The van der Waals surface area contributed by atoms with Crippen LogP contribution in [0.1, 0.15) is 70.9 Å². The van der Waals surface area contributed by atoms with Gasteiger partial charge >= 0.3 is 18.0 Å². The number of fused-ring (bicyclic) bond motifs is 2. The molecule has 1 aliphatic heterocycles. The number of likely N-dealkylation sites (tertiary alicyclic amines) is 1. The van der Waals surface area contributed by atoms with Crippen LogP contribution in [0.2, 0.25) is 0 Å². The normalized spacial score (nSPS) is 21.8. The lowest BCUT2D eigenvalue weighted by molar-refractivity contribution is -0.137. The Hall–Kier alpha value is -3.85. The molecular formula is C27H25F5N6O3S. The molecule has 1 aromatic carbocycles. The predicted octanol–water partition coefficient (Wildman–Crippen LogP) is 5.57. The van der Waals surface area contributed by atoms with Crippen LogP contribution in [-0.2, 0) is 10.9 Å². The van der Waals surface area contributed by atoms with Crippen LogP contribution in [0.3, 0.4) is 0 Å². The minimum Gasteiger partial charge on any atom is -0.440 e. The number of nitrogens with one attached hydrogen (secondary N) is 1. The van der Waals surface area contributed by atoms with Gasteiger partial charge in [-0.25, -0.2) is 28.3 Å². The van der Waals surface area contributed by atoms with E-state index in [2.05, 4.69) is 15.0 Å². The van der Waals surface area contributed by atoms with Gasteiger partial charge in [0.25, 0.3) is 0 Å². The van der Waals surface area contributed by atoms with Crippen LogP contribution in [-0.4, -0.2) is 43.6 Å². The molecule has 0 radical (unpaired) electrons. The molecule has 3 N–H and O–H groups in total. The molecule has 15 heteroatoms. The SMILES string of the molecule is NC1c2sc(C(F)(F)F)nc2C(OC(=O)N2CCC(n3c(=O)[nH]c4ncccc43)CC2)CCC1c1cccc(F)c1F. The van der Waals surface area contributed by atoms with Gasteiger partial charge in [0.1, 0.15) is 6.10 Å². The zero-order valence-corrected chi connectivity index (χ0v) is 22.7. The van der Waals surface area contributed by atoms with Gasteiger partial charge in [-0.15, -0.1) is 11.3 Å². The third-order valence-corrected chi connectivity index (χ3v) is 9.12. The predicted molar refractivity (Wildman–Crippen MR) is 142 cm³/mol. The molecule has 1 aliphatic carbocycles. The molecule has 3 atom stereocenters. The summed E-state index contributed by atoms with van der Waals surface area (Å²) in [4.78, 5) is 37.9. The summed E-state index contributed by atoms with van der Waals surface area (Å²) >= 11 is 0.317. The molecule has 0 saturated carbocycles. The maximum atomic E-state index is 14.7. The number of imidazole rings is 1. The Morgan fingerprint density at radius 1 is 1.10 bits per heavy atom. The number of benzene rings is 1. The van der Waals surface area contributed by atoms with Crippen molar-refractivity contribution in [3.05, 3.63) is 79.8 Å². The summed E-state index contributed by atoms with van der Waals surface area (Å²) in [6.07, 6.45) is -4.13. The van der Waals surface area contributed by atoms with Crippen molar-refractivity contribution in [2.24, 2.45) is 5.73 Å². The Bertz CT molecular complexity index is 1690. The Balaban J connectivity index is 1.22. The molecular weight excluding hydrogens is 583 g/mol. The van der Waals surface area contributed by atoms with Crippen LogP contribution in [0, 0.1) is 11.6 Å². The largest absolute Gasteiger partial charge is 0.443 e. The molecule has 1 fully saturated rings. The number of pyridine rings is 1. The van der Waals surface area contributed by atoms with E-state index in [0.29, 0.717) is 35.3 Å². The van der Waals surface area contributed by atoms with Gasteiger partial charge in [0.2, 0.25) is 0 Å². The summed E-state index contributed by atoms with van der Waals surface area (Å²) in [6.45, 7) is 0.480. The van der Waals surface area contributed by atoms with Crippen molar-refractivity contribution >= 4 is 28.6 Å². The van der Waals surface area contributed by atoms with E-state index in [4.69, 9.17) is 10.5 Å². The smallest absolute Gasteiger partial charge is 0.440 e. The Labute approximate surface area is 239 Å². The number of piperidine rings is 1. The van der Waals surface area contributed by atoms with E-state index in [9.17, 15) is 31.5 Å². The van der Waals surface area contributed by atoms with Crippen molar-refractivity contribution in [2.45, 2.75) is 56.0 Å². The molecule has 3 unspecified atom stereocenters. The maximum absolute atomic E-state index is 14.7. The van der Waals surface area contributed by atoms with Gasteiger partial charge in [-0.1, -0.05) is 12.1 Å². The van der Waals surface area contributed by atoms with E-state index in [1.54, 1.807) is 22.9 Å². The van der Waals surface area contributed by atoms with Crippen LogP contribution in [0.15, 0.2) is 41.3 Å². The van der Waals surface area contributed by atoms with Crippen LogP contribution in [0.5, 0.6) is 0 Å². The summed E-state index contributed by atoms with van der Waals surface area (Å²) in [5.41, 5.74) is 7.00. The van der Waals surface area contributed by atoms with Gasteiger partial charge in [-0.05, 0) is 49.4 Å². The number of H-pyrrole nitrogens is 1. The number of halogens is 5. The first-order valence-electron chi connectivity index (χ1n) is 13.3. The number of amides is 1. The highest BCUT2D eigenvalue weighted by Crippen LogP contribution is 2.48. The zero-order chi connectivity index (χ0) is 29.8. The first-order valence-corrected chi connectivity index (χ1v) is 14.1. The fourth-order valence-electron chi connectivity index (χ4n) is 5.86. The molecule has 4 aromatic rings. The zero-order valence-electron chi connectivity index (χ0n) is 21.9. The van der Waals surface area contributed by atoms with Crippen molar-refractivity contribution in [1.29, 1.82) is 0 Å². The second kappa shape index (κ2) is 10.8. The van der Waals surface area contributed by atoms with Crippen molar-refractivity contribution < 1.29 is 31.5 Å². The quantitative estimate of drug-likeness (QED) is 0.232. The number of carbonyl (C=O) groups excluding carboxylic acids is 1. The van der Waals surface area contributed by atoms with Gasteiger partial charge < -0.3 is 15.4 Å². The molecule has 222 valence electrons. The van der Waals surface area contributed by atoms with E-state index in [0.717, 1.165) is 6.07 Å². The highest BCUT2D eigenvalue weighted by molar-refractivity contribution is 7.12. The summed E-state index contributed by atoms with van der Waals surface area (Å²) in [7, 11) is 0. The lowest BCUT2D eigenvalue weighted by atomic mass is 9.88. The number of nitrogens with two attached hydrogens (primary N) is 1. The molecule has 0 spiro atoms. The molecule has 1 saturated heterocycles. The average Bonchev–Trinajstić information content (AvgIpc) is 3.53. The van der Waals surface area contributed by atoms with Gasteiger partial charge in [0.05, 0.1) is 11.2 Å². The number of nitrogens with zero attached hydrogens (tertiary/aromatic N) is 4. The maximum Gasteiger partial charge on any atom is 0.443 e. The number of hydrogen-bond donors (Lipinski definition) is 2. The summed E-state index contributed by atoms with van der Waals surface area (Å²) < 4.78 is 77.0. The van der Waals surface area contributed by atoms with Gasteiger partial charge in [-0.2, -0.15) is 13.2 Å². The number of rotatable bonds is 3. The summed E-state index contributed by atoms with van der Waals surface area (Å²) in [5, 5.41) is -1.16. The molecule has 2 aliphatic rings. The summed E-state index contributed by atoms with van der Waals surface area (Å²) in [5.74, 6) is -3.09. The minimum atomic E-state index is -4.78. The van der Waals surface area contributed by atoms with Crippen LogP contribution in [0.4, 0.5) is 26.7 Å². The first-order chi connectivity index (χ1) is 20.0. The third kappa shape index (κ3) is 5.04. The third-order valence-electron chi connectivity index (χ3n) is 7.91. The number of hydrogen-bond acceptors (Lipinski definition) is 7. The highest BCUT2D eigenvalue weighted by atomic mass is 32.1. The average molecular weight is 609 g/mol. The van der Waals surface area contributed by atoms with E-state index < -0.39 is 47.0 Å². The van der Waals surface area contributed by atoms with E-state index in [1.807, 2.05) is 0 Å². The molecule has 1 amide bonds. The second-order valence-electron chi connectivity index (χ2n) is 10.4. The fourth-order valence-corrected chi connectivity index (χ4v) is 6.91. The monoisotopic (exact) mass is 608 g/mol. The minimum absolute atomic E-state index is 0.00227. The standard InChI is InChI=1S/C27H25F5N6O3S/c28-16-4-1-3-14(19(16)29)15-6-7-18(21-22(20(15)33)42-24(35-21)27(30,31)32)41-26(40)37-11-8-13(9-12-37)38-17-5-2-10-34-23(17)36-25(38)39/h1-5,10,13,15,18,20H,6-9,11-12,33H2,(H,34,36,39). The number of aromatic amines is 1. The molecule has 0 bridgehead atoms. The van der Waals surface area contributed by atoms with Gasteiger partial charge in [0.15, 0.2) is 22.3 Å². The van der Waals surface area contributed by atoms with Crippen molar-refractivity contribution in [2.75, 3.05) is 13.1 Å². The summed E-state index contributed by atoms with van der Waals surface area (Å²) in [6, 6.07) is 5.77. The van der Waals surface area contributed by atoms with Crippen LogP contribution in [0.25, 0.3) is 11.2 Å². The number of aromatic nitrogens is 4. The van der Waals surface area contributed by atoms with Crippen molar-refractivity contribution in [3.63, 3.8) is 0 Å². The highest BCUT2D eigenvalue weighted by Gasteiger charge is 2.43. The molecule has 3 aromatic heterocycles. The lowest BCUT2D eigenvalue weighted by Gasteiger charge is -2.32. The number of ether oxygens (including phenoxy) is 1. The van der Waals surface area contributed by atoms with Crippen LogP contribution < -0.4 is 11.4 Å². The Morgan fingerprint density at radius 2 is 1.86 bits per heavy atom. The number of thiazole rings is 1. The Morgan fingerprint density at radius 3 is 2.60 bits per heavy atom. The van der Waals surface area contributed by atoms with Gasteiger partial charge in [0, 0.05) is 42.2 Å². The van der Waals surface area contributed by atoms with Gasteiger partial charge in [-0.3, -0.25) is 9.55 Å². The molecule has 4 heterocycles. The van der Waals surface area contributed by atoms with E-state index >= 15 is 0 Å². The van der Waals surface area contributed by atoms with Crippen molar-refractivity contribution in [1.82, 2.24) is 24.4 Å². The number of alkyl halides is 3. The number of carbonyl (C=O) groups is 1.